The molecule has 876 valence electrons. The van der Waals surface area contributed by atoms with Crippen LogP contribution in [0.3, 0.4) is 0 Å². The topological polar surface area (TPSA) is 790 Å². The van der Waals surface area contributed by atoms with E-state index in [1.165, 1.54) is 75.7 Å². The number of aliphatic imine (C=N–C) groups is 8. The molecule has 0 amide bonds. The molecule has 56 heteroatoms. The molecule has 0 spiro atoms. The van der Waals surface area contributed by atoms with E-state index in [-0.39, 0.29) is 221 Å². The Kier molecular flexibility index (Phi) is 299. The van der Waals surface area contributed by atoms with Crippen LogP contribution in [0.4, 0.5) is 0 Å². The van der Waals surface area contributed by atoms with Crippen LogP contribution in [-0.2, 0) is 165 Å². The quantitative estimate of drug-likeness (QED) is 0.0204. The average molecular weight is 2560 g/mol. The van der Waals surface area contributed by atoms with E-state index >= 15 is 0 Å². The Balaban J connectivity index is -0.0000000325. The fourth-order valence-electron chi connectivity index (χ4n) is 5.12. The van der Waals surface area contributed by atoms with Gasteiger partial charge in [-0.2, -0.15) is 0 Å². The van der Waals surface area contributed by atoms with Gasteiger partial charge in [-0.3, -0.25) is 39.9 Å². The van der Waals surface area contributed by atoms with Gasteiger partial charge in [0, 0.05) is 346 Å². The van der Waals surface area contributed by atoms with E-state index in [9.17, 15) is 10.2 Å². The number of hydrogen-bond donors (Lipinski definition) is 32. The van der Waals surface area contributed by atoms with Gasteiger partial charge in [-0.05, 0) is 53.4 Å². The molecule has 16 atom stereocenters. The van der Waals surface area contributed by atoms with Gasteiger partial charge in [-0.1, -0.05) is 170 Å². The maximum atomic E-state index is 9.59. The molecule has 0 aromatic carbocycles. The molecule has 0 aliphatic rings. The molecule has 16 unspecified atom stereocenters. The zero-order valence-electron chi connectivity index (χ0n) is 88.5. The van der Waals surface area contributed by atoms with Crippen molar-refractivity contribution in [3.8, 4) is 0 Å². The minimum absolute atomic E-state index is 0. The second-order valence-electron chi connectivity index (χ2n) is 28.5. The van der Waals surface area contributed by atoms with E-state index in [0.29, 0.717) is 12.8 Å². The van der Waals surface area contributed by atoms with Crippen LogP contribution in [0, 0.1) is 64.9 Å². The molecule has 32 N–H and O–H groups in total. The molecule has 0 bridgehead atoms. The molecule has 0 aromatic rings. The first kappa shape index (κ1) is 222. The number of nitrogens with one attached hydrogen (secondary N) is 12. The van der Waals surface area contributed by atoms with Crippen LogP contribution >= 0.6 is 0 Å². The Bertz CT molecular complexity index is 2540. The van der Waals surface area contributed by atoms with Crippen LogP contribution in [0.15, 0.2) is 65.2 Å². The number of hydrogen-bond acceptors (Lipinski definition) is 40. The van der Waals surface area contributed by atoms with Crippen molar-refractivity contribution in [2.75, 3.05) is 82.8 Å². The Morgan fingerprint density at radius 2 is 0.507 bits per heavy atom. The third-order valence-electron chi connectivity index (χ3n) is 14.1. The van der Waals surface area contributed by atoms with Crippen molar-refractivity contribution in [3.05, 3.63) is 25.3 Å². The molecule has 0 radical (unpaired) electrons. The minimum Gasteiger partial charge on any atom is -0.391 e. The van der Waals surface area contributed by atoms with Crippen LogP contribution in [0.25, 0.3) is 0 Å². The number of nitrogens with zero attached hydrogens (tertiary/aromatic N) is 8. The van der Waals surface area contributed by atoms with Crippen LogP contribution < -0.4 is 0 Å². The van der Waals surface area contributed by atoms with Crippen LogP contribution in [0.5, 0.6) is 0 Å². The Morgan fingerprint density at radius 3 is 0.543 bits per heavy atom. The Labute approximate surface area is 953 Å². The summed E-state index contributed by atoms with van der Waals surface area (Å²) in [5.74, 6) is 0. The van der Waals surface area contributed by atoms with E-state index in [0.717, 1.165) is 105 Å². The minimum atomic E-state index is -1.51. The zero-order valence-corrected chi connectivity index (χ0v) is 105. The second-order valence-corrected chi connectivity index (χ2v) is 54.7. The smallest absolute Gasteiger partial charge is 0.106 e. The largest absolute Gasteiger partial charge is 0.391 e. The normalized spacial score (nSPS) is 12.8. The summed E-state index contributed by atoms with van der Waals surface area (Å²) in [6.45, 7) is 51.3. The van der Waals surface area contributed by atoms with Crippen LogP contribution in [0.2, 0.25) is 95.7 Å². The van der Waals surface area contributed by atoms with Gasteiger partial charge in [0.1, 0.15) is 12.2 Å². The Morgan fingerprint density at radius 1 is 0.279 bits per heavy atom. The molecule has 0 aromatic heterocycles. The van der Waals surface area contributed by atoms with Gasteiger partial charge >= 0.3 is 0 Å². The first-order valence-electron chi connectivity index (χ1n) is 42.3. The SMILES string of the molecule is C=CC(O)C=N.C=CC(O)C=N.CC(O)C=N.CC(O)C=N.CCC(O)C=N.CCC(O)C=N.CCC(O)C=NC.CCC(O)C=NC.CC[SiH](CC)C(O)C=N.CC[Si](CC)(CC)C(O)C=N.CN=CC(C)O.CN=CC(C)O.CN=CC(O)[SiH](C)C.CN=CC(O)[Si](C)(C)C.CN=CCO.CN=CCO.C[SiH](C)C(O)C=N.C[Si](C)(C)C(O)C=N.N=CCO.N=CCO.[Ni].[Ni].[Ni].[Ni].[Ni].[Ni].[Ni].[Ni].[Ni].[Ni]. The average Bonchev–Trinajstić information content (AvgIpc) is 0.860. The zero-order chi connectivity index (χ0) is 108. The van der Waals surface area contributed by atoms with Gasteiger partial charge in [0.25, 0.3) is 0 Å². The second kappa shape index (κ2) is 189. The summed E-state index contributed by atoms with van der Waals surface area (Å²) in [5, 5.41) is 247. The van der Waals surface area contributed by atoms with Crippen molar-refractivity contribution in [1.82, 2.24) is 0 Å². The van der Waals surface area contributed by atoms with Gasteiger partial charge in [0.15, 0.2) is 0 Å². The molecule has 0 heterocycles. The summed E-state index contributed by atoms with van der Waals surface area (Å²) >= 11 is 0. The van der Waals surface area contributed by atoms with Gasteiger partial charge in [0.2, 0.25) is 0 Å². The first-order chi connectivity index (χ1) is 60.3. The van der Waals surface area contributed by atoms with Crippen molar-refractivity contribution in [2.45, 2.75) is 307 Å². The van der Waals surface area contributed by atoms with E-state index in [1.807, 2.05) is 60.4 Å². The molecule has 140 heavy (non-hydrogen) atoms. The molecule has 40 nitrogen and oxygen atoms in total. The van der Waals surface area contributed by atoms with Gasteiger partial charge in [0.05, 0.1) is 160 Å². The summed E-state index contributed by atoms with van der Waals surface area (Å²) < 4.78 is 0. The molecule has 0 rings (SSSR count). The van der Waals surface area contributed by atoms with Gasteiger partial charge in [-0.25, -0.2) is 0 Å². The summed E-state index contributed by atoms with van der Waals surface area (Å²) in [4.78, 5) is 28.8. The Hall–Kier alpha value is -1.68. The molecule has 0 aliphatic heterocycles. The monoisotopic (exact) mass is 2550 g/mol. The van der Waals surface area contributed by atoms with Crippen LogP contribution in [-0.4, -0.2) is 455 Å². The molecule has 0 saturated heterocycles. The van der Waals surface area contributed by atoms with Crippen molar-refractivity contribution >= 4 is 175 Å². The predicted molar refractivity (Wildman–Crippen MR) is 579 cm³/mol. The molecular weight excluding hydrogens is 2360 g/mol. The third-order valence-corrected chi connectivity index (χ3v) is 30.0. The van der Waals surface area contributed by atoms with Crippen molar-refractivity contribution in [2.24, 2.45) is 39.9 Å². The standard InChI is InChI=1S/C8H19NOSi.2C6H15NOSi.2C5H13NOSi.2C5H11NO.C4H11NOSi.4C4H9NO.2C4H7NO.4C3H7NO.2C2H5NO.10Ni/c1-4-11(5-2,6-3)8(10)7-9;1-7-5-6(8)9(2,3)4;1-3-9(4-2)6(8)5-7;1-8(2,3)5(7)4-6;1-6-4-5(7)8(2)3;2*1-3-5(7)4-6-2;1-7(2)4(6)3-5;2*1-4(6)3-5-2;4*1-2-4(6)3-5;2*1-4-2-3-5;2*1-3(5)2-4;2*3-1-2-4;;;;;;;;;;/h7-10H,4-6H2,1-3H3;5-6,8H,1-4H3;5-9H,3-4H2,1-2H3;4-7H,1-3H3;4-5,7-8H,1-3H3;2*4-5,7H,3H2,1-2H3;3-7H,1-2H3;2*3-4,6H,1-2H3;2*3-6H,2H2,1H3;2*2-6H,1H2;2*2,5H,3H2,1H3;2*2-5H,1H3;2*1,3-4H,2H2;;;;;;;;;;. The number of aliphatic hydroxyl groups is 20. The molecule has 0 aliphatic carbocycles. The molecule has 0 fully saturated rings. The molecule has 0 saturated carbocycles. The van der Waals surface area contributed by atoms with E-state index in [1.54, 1.807) is 82.7 Å². The van der Waals surface area contributed by atoms with Crippen molar-refractivity contribution in [3.63, 3.8) is 0 Å². The van der Waals surface area contributed by atoms with Crippen LogP contribution in [0.1, 0.15) is 116 Å². The fraction of sp³-hybridized carbons (Fsp3) is 0.714. The van der Waals surface area contributed by atoms with Crippen molar-refractivity contribution < 1.29 is 267 Å². The third kappa shape index (κ3) is 264. The summed E-state index contributed by atoms with van der Waals surface area (Å²) in [7, 11) is 6.04. The maximum Gasteiger partial charge on any atom is 0.106 e. The fourth-order valence-corrected chi connectivity index (χ4v) is 12.0. The van der Waals surface area contributed by atoms with E-state index in [4.69, 9.17) is 157 Å². The number of aliphatic hydroxyl groups excluding tert-OH is 20. The van der Waals surface area contributed by atoms with E-state index in [2.05, 4.69) is 120 Å². The first-order valence-corrected chi connectivity index (χ1v) is 60.4. The van der Waals surface area contributed by atoms with Crippen molar-refractivity contribution in [1.29, 1.82) is 64.9 Å². The number of rotatable bonds is 37. The predicted octanol–water partition coefficient (Wildman–Crippen LogP) is 5.60. The maximum absolute atomic E-state index is 9.59. The van der Waals surface area contributed by atoms with Gasteiger partial charge in [-0.15, -0.1) is 13.2 Å². The van der Waals surface area contributed by atoms with Gasteiger partial charge < -0.3 is 167 Å². The summed E-state index contributed by atoms with van der Waals surface area (Å²) in [6.07, 6.45) is 24.5. The summed E-state index contributed by atoms with van der Waals surface area (Å²) in [5.41, 5.74) is -2.23. The molecular formula is C84H196N20Ni10O20Si6. The van der Waals surface area contributed by atoms with E-state index < -0.39 is 117 Å². The summed E-state index contributed by atoms with van der Waals surface area (Å²) in [6, 6.07) is 5.42.